The molecule has 1 aromatic rings. The number of fused-ring (bicyclic) bond motifs is 1. The number of ether oxygens (including phenoxy) is 2. The molecule has 0 amide bonds. The van der Waals surface area contributed by atoms with E-state index >= 15 is 0 Å². The van der Waals surface area contributed by atoms with E-state index in [9.17, 15) is 0 Å². The molecule has 4 heteroatoms. The summed E-state index contributed by atoms with van der Waals surface area (Å²) >= 11 is 6.12. The van der Waals surface area contributed by atoms with E-state index < -0.39 is 0 Å². The molecule has 1 heterocycles. The largest absolute Gasteiger partial charge is 0.454 e. The van der Waals surface area contributed by atoms with Crippen LogP contribution in [0.3, 0.4) is 0 Å². The molecular formula is C11H14ClNO2. The van der Waals surface area contributed by atoms with E-state index in [1.54, 1.807) is 6.07 Å². The van der Waals surface area contributed by atoms with Crippen molar-refractivity contribution in [3.8, 4) is 11.5 Å². The first-order valence-electron chi connectivity index (χ1n) is 4.98. The number of benzene rings is 1. The lowest BCUT2D eigenvalue weighted by atomic mass is 10.2. The van der Waals surface area contributed by atoms with Crippen LogP contribution in [0.4, 0.5) is 0 Å². The number of hydrogen-bond acceptors (Lipinski definition) is 3. The molecule has 0 radical (unpaired) electrons. The third-order valence-electron chi connectivity index (χ3n) is 2.24. The van der Waals surface area contributed by atoms with Gasteiger partial charge in [0.25, 0.3) is 0 Å². The fourth-order valence-corrected chi connectivity index (χ4v) is 1.63. The van der Waals surface area contributed by atoms with Gasteiger partial charge in [-0.05, 0) is 11.6 Å². The van der Waals surface area contributed by atoms with Gasteiger partial charge < -0.3 is 14.8 Å². The second kappa shape index (κ2) is 4.29. The van der Waals surface area contributed by atoms with E-state index in [1.807, 2.05) is 6.07 Å². The minimum Gasteiger partial charge on any atom is -0.454 e. The Hall–Kier alpha value is -0.930. The van der Waals surface area contributed by atoms with Crippen molar-refractivity contribution < 1.29 is 9.47 Å². The molecule has 2 rings (SSSR count). The van der Waals surface area contributed by atoms with Crippen LogP contribution in [0, 0.1) is 0 Å². The Balaban J connectivity index is 2.17. The third kappa shape index (κ3) is 2.36. The van der Waals surface area contributed by atoms with Gasteiger partial charge in [-0.1, -0.05) is 25.4 Å². The summed E-state index contributed by atoms with van der Waals surface area (Å²) in [4.78, 5) is 0. The first kappa shape index (κ1) is 10.6. The van der Waals surface area contributed by atoms with Crippen molar-refractivity contribution in [2.24, 2.45) is 0 Å². The quantitative estimate of drug-likeness (QED) is 0.861. The third-order valence-corrected chi connectivity index (χ3v) is 2.59. The van der Waals surface area contributed by atoms with Crippen LogP contribution in [-0.2, 0) is 6.54 Å². The van der Waals surface area contributed by atoms with Gasteiger partial charge in [0, 0.05) is 23.7 Å². The summed E-state index contributed by atoms with van der Waals surface area (Å²) in [5.74, 6) is 1.51. The predicted molar refractivity (Wildman–Crippen MR) is 59.6 cm³/mol. The maximum atomic E-state index is 6.12. The lowest BCUT2D eigenvalue weighted by Gasteiger charge is -2.10. The van der Waals surface area contributed by atoms with Crippen LogP contribution >= 0.6 is 11.6 Å². The Labute approximate surface area is 94.3 Å². The number of hydrogen-bond donors (Lipinski definition) is 1. The SMILES string of the molecule is CC(C)NCc1cc2c(cc1Cl)OCO2. The molecule has 0 aromatic heterocycles. The summed E-state index contributed by atoms with van der Waals surface area (Å²) in [7, 11) is 0. The highest BCUT2D eigenvalue weighted by atomic mass is 35.5. The smallest absolute Gasteiger partial charge is 0.231 e. The maximum absolute atomic E-state index is 6.12. The molecule has 1 aliphatic heterocycles. The van der Waals surface area contributed by atoms with Crippen molar-refractivity contribution in [3.05, 3.63) is 22.7 Å². The maximum Gasteiger partial charge on any atom is 0.231 e. The molecule has 0 saturated heterocycles. The van der Waals surface area contributed by atoms with Gasteiger partial charge in [0.1, 0.15) is 0 Å². The summed E-state index contributed by atoms with van der Waals surface area (Å²) in [6.07, 6.45) is 0. The monoisotopic (exact) mass is 227 g/mol. The molecule has 0 saturated carbocycles. The fraction of sp³-hybridized carbons (Fsp3) is 0.455. The van der Waals surface area contributed by atoms with E-state index in [4.69, 9.17) is 21.1 Å². The van der Waals surface area contributed by atoms with E-state index in [0.717, 1.165) is 23.6 Å². The topological polar surface area (TPSA) is 30.5 Å². The molecule has 15 heavy (non-hydrogen) atoms. The van der Waals surface area contributed by atoms with Crippen molar-refractivity contribution in [1.82, 2.24) is 5.32 Å². The lowest BCUT2D eigenvalue weighted by molar-refractivity contribution is 0.174. The highest BCUT2D eigenvalue weighted by Crippen LogP contribution is 2.36. The highest BCUT2D eigenvalue weighted by molar-refractivity contribution is 6.31. The molecule has 0 unspecified atom stereocenters. The van der Waals surface area contributed by atoms with E-state index in [1.165, 1.54) is 0 Å². The fourth-order valence-electron chi connectivity index (χ4n) is 1.41. The number of nitrogens with one attached hydrogen (secondary N) is 1. The van der Waals surface area contributed by atoms with Gasteiger partial charge in [0.2, 0.25) is 6.79 Å². The standard InChI is InChI=1S/C11H14ClNO2/c1-7(2)13-5-8-3-10-11(4-9(8)12)15-6-14-10/h3-4,7,13H,5-6H2,1-2H3. The van der Waals surface area contributed by atoms with Crippen molar-refractivity contribution in [1.29, 1.82) is 0 Å². The molecular weight excluding hydrogens is 214 g/mol. The summed E-state index contributed by atoms with van der Waals surface area (Å²) in [6.45, 7) is 5.22. The van der Waals surface area contributed by atoms with Gasteiger partial charge in [-0.3, -0.25) is 0 Å². The normalized spacial score (nSPS) is 13.6. The van der Waals surface area contributed by atoms with Crippen LogP contribution < -0.4 is 14.8 Å². The van der Waals surface area contributed by atoms with E-state index in [2.05, 4.69) is 19.2 Å². The minimum absolute atomic E-state index is 0.284. The molecule has 3 nitrogen and oxygen atoms in total. The molecule has 0 fully saturated rings. The predicted octanol–water partition coefficient (Wildman–Crippen LogP) is 2.57. The van der Waals surface area contributed by atoms with Crippen LogP contribution in [0.1, 0.15) is 19.4 Å². The summed E-state index contributed by atoms with van der Waals surface area (Å²) < 4.78 is 10.5. The van der Waals surface area contributed by atoms with Crippen LogP contribution in [-0.4, -0.2) is 12.8 Å². The Kier molecular flexibility index (Phi) is 3.03. The minimum atomic E-state index is 0.284. The van der Waals surface area contributed by atoms with E-state index in [0.29, 0.717) is 11.1 Å². The molecule has 0 bridgehead atoms. The van der Waals surface area contributed by atoms with Crippen LogP contribution in [0.2, 0.25) is 5.02 Å². The number of halogens is 1. The molecule has 0 spiro atoms. The Morgan fingerprint density at radius 3 is 2.67 bits per heavy atom. The highest BCUT2D eigenvalue weighted by Gasteiger charge is 2.16. The molecule has 1 aromatic carbocycles. The Morgan fingerprint density at radius 1 is 1.33 bits per heavy atom. The van der Waals surface area contributed by atoms with Gasteiger partial charge in [-0.2, -0.15) is 0 Å². The van der Waals surface area contributed by atoms with Gasteiger partial charge in [-0.25, -0.2) is 0 Å². The molecule has 0 atom stereocenters. The van der Waals surface area contributed by atoms with Crippen molar-refractivity contribution in [2.75, 3.05) is 6.79 Å². The van der Waals surface area contributed by atoms with E-state index in [-0.39, 0.29) is 6.79 Å². The zero-order valence-electron chi connectivity index (χ0n) is 8.84. The zero-order valence-corrected chi connectivity index (χ0v) is 9.60. The zero-order chi connectivity index (χ0) is 10.8. The van der Waals surface area contributed by atoms with Crippen molar-refractivity contribution in [3.63, 3.8) is 0 Å². The molecule has 0 aliphatic carbocycles. The Morgan fingerprint density at radius 2 is 2.00 bits per heavy atom. The van der Waals surface area contributed by atoms with Crippen molar-refractivity contribution in [2.45, 2.75) is 26.4 Å². The molecule has 82 valence electrons. The van der Waals surface area contributed by atoms with Gasteiger partial charge in [-0.15, -0.1) is 0 Å². The summed E-state index contributed by atoms with van der Waals surface area (Å²) in [5.41, 5.74) is 1.04. The van der Waals surface area contributed by atoms with Crippen LogP contribution in [0.15, 0.2) is 12.1 Å². The second-order valence-electron chi connectivity index (χ2n) is 3.83. The Bertz CT molecular complexity index is 366. The van der Waals surface area contributed by atoms with Crippen molar-refractivity contribution >= 4 is 11.6 Å². The number of rotatable bonds is 3. The van der Waals surface area contributed by atoms with Crippen LogP contribution in [0.25, 0.3) is 0 Å². The first-order chi connectivity index (χ1) is 7.16. The average molecular weight is 228 g/mol. The molecule has 1 aliphatic rings. The summed E-state index contributed by atoms with van der Waals surface area (Å²) in [6, 6.07) is 4.17. The second-order valence-corrected chi connectivity index (χ2v) is 4.24. The summed E-state index contributed by atoms with van der Waals surface area (Å²) in [5, 5.41) is 4.03. The first-order valence-corrected chi connectivity index (χ1v) is 5.36. The lowest BCUT2D eigenvalue weighted by Crippen LogP contribution is -2.21. The van der Waals surface area contributed by atoms with Crippen LogP contribution in [0.5, 0.6) is 11.5 Å². The van der Waals surface area contributed by atoms with Gasteiger partial charge >= 0.3 is 0 Å². The van der Waals surface area contributed by atoms with Gasteiger partial charge in [0.15, 0.2) is 11.5 Å². The molecule has 1 N–H and O–H groups in total. The van der Waals surface area contributed by atoms with Gasteiger partial charge in [0.05, 0.1) is 0 Å². The average Bonchev–Trinajstić information content (AvgIpc) is 2.60.